The maximum Gasteiger partial charge on any atom is 0.00861 e. The Kier molecular flexibility index (Phi) is 7.19. The van der Waals surface area contributed by atoms with Crippen LogP contribution in [0.1, 0.15) is 39.0 Å². The molecule has 0 aromatic carbocycles. The van der Waals surface area contributed by atoms with Crippen molar-refractivity contribution in [1.82, 2.24) is 0 Å². The van der Waals surface area contributed by atoms with Crippen LogP contribution in [-0.4, -0.2) is 0 Å². The van der Waals surface area contributed by atoms with E-state index in [0.717, 1.165) is 12.8 Å². The zero-order valence-electron chi connectivity index (χ0n) is 6.19. The number of hydrogen-bond acceptors (Lipinski definition) is 0. The molecule has 0 unspecified atom stereocenters. The van der Waals surface area contributed by atoms with Gasteiger partial charge in [-0.3, -0.25) is 0 Å². The van der Waals surface area contributed by atoms with E-state index in [0.29, 0.717) is 0 Å². The third-order valence-electron chi connectivity index (χ3n) is 1.22. The van der Waals surface area contributed by atoms with Gasteiger partial charge in [-0.05, 0) is 19.3 Å². The van der Waals surface area contributed by atoms with Crippen LogP contribution in [0.15, 0.2) is 0 Å². The van der Waals surface area contributed by atoms with E-state index in [1.807, 2.05) is 0 Å². The van der Waals surface area contributed by atoms with Crippen LogP contribution < -0.4 is 0 Å². The average Bonchev–Trinajstić information content (AvgIpc) is 1.89. The molecule has 0 aliphatic carbocycles. The van der Waals surface area contributed by atoms with Gasteiger partial charge in [0.1, 0.15) is 0 Å². The molecule has 0 aliphatic heterocycles. The zero-order chi connectivity index (χ0) is 6.95. The van der Waals surface area contributed by atoms with E-state index in [9.17, 15) is 0 Å². The molecule has 1 radical (unpaired) electrons. The third-order valence-corrected chi connectivity index (χ3v) is 1.22. The molecule has 0 heteroatoms. The minimum absolute atomic E-state index is 0.931. The monoisotopic (exact) mass is 123 g/mol. The van der Waals surface area contributed by atoms with Gasteiger partial charge in [-0.25, -0.2) is 0 Å². The zero-order valence-corrected chi connectivity index (χ0v) is 6.19. The standard InChI is InChI=1S/C9H15/c1-3-5-7-9-8-6-4-2/h1,8H,4-7,9H2,2H3. The normalized spacial score (nSPS) is 8.89. The van der Waals surface area contributed by atoms with Crippen LogP contribution in [0.25, 0.3) is 0 Å². The van der Waals surface area contributed by atoms with Gasteiger partial charge in [0, 0.05) is 6.42 Å². The largest absolute Gasteiger partial charge is 0.120 e. The molecule has 0 bridgehead atoms. The topological polar surface area (TPSA) is 0 Å². The SMILES string of the molecule is C#CCCC[CH]CCC. The molecule has 0 N–H and O–H groups in total. The summed E-state index contributed by atoms with van der Waals surface area (Å²) in [6.45, 7) is 2.19. The van der Waals surface area contributed by atoms with E-state index in [1.165, 1.54) is 19.3 Å². The van der Waals surface area contributed by atoms with Crippen molar-refractivity contribution in [3.05, 3.63) is 6.42 Å². The van der Waals surface area contributed by atoms with Crippen LogP contribution in [0.2, 0.25) is 0 Å². The van der Waals surface area contributed by atoms with Crippen LogP contribution in [0.5, 0.6) is 0 Å². The van der Waals surface area contributed by atoms with Crippen molar-refractivity contribution in [3.8, 4) is 12.3 Å². The number of hydrogen-bond donors (Lipinski definition) is 0. The summed E-state index contributed by atoms with van der Waals surface area (Å²) < 4.78 is 0. The molecule has 0 aliphatic rings. The molecule has 0 spiro atoms. The van der Waals surface area contributed by atoms with Crippen LogP contribution in [0.3, 0.4) is 0 Å². The van der Waals surface area contributed by atoms with Crippen LogP contribution >= 0.6 is 0 Å². The van der Waals surface area contributed by atoms with Gasteiger partial charge < -0.3 is 0 Å². The molecule has 9 heavy (non-hydrogen) atoms. The molecule has 0 rings (SSSR count). The molecule has 0 amide bonds. The van der Waals surface area contributed by atoms with Crippen molar-refractivity contribution in [2.24, 2.45) is 0 Å². The van der Waals surface area contributed by atoms with Crippen molar-refractivity contribution in [2.75, 3.05) is 0 Å². The highest BCUT2D eigenvalue weighted by atomic mass is 13.9. The molecule has 0 aromatic rings. The second-order valence-corrected chi connectivity index (χ2v) is 2.17. The lowest BCUT2D eigenvalue weighted by molar-refractivity contribution is 0.770. The van der Waals surface area contributed by atoms with Crippen molar-refractivity contribution >= 4 is 0 Å². The average molecular weight is 123 g/mol. The Morgan fingerprint density at radius 2 is 2.22 bits per heavy atom. The molecule has 0 nitrogen and oxygen atoms in total. The molecule has 0 aromatic heterocycles. The summed E-state index contributed by atoms with van der Waals surface area (Å²) in [6, 6.07) is 0. The minimum Gasteiger partial charge on any atom is -0.120 e. The lowest BCUT2D eigenvalue weighted by Crippen LogP contribution is -1.76. The second kappa shape index (κ2) is 7.56. The Balaban J connectivity index is 2.69. The van der Waals surface area contributed by atoms with Gasteiger partial charge in [-0.15, -0.1) is 12.3 Å². The van der Waals surface area contributed by atoms with Gasteiger partial charge in [-0.2, -0.15) is 0 Å². The maximum atomic E-state index is 5.08. The molecule has 0 fully saturated rings. The van der Waals surface area contributed by atoms with Gasteiger partial charge in [0.15, 0.2) is 0 Å². The summed E-state index contributed by atoms with van der Waals surface area (Å²) in [4.78, 5) is 0. The van der Waals surface area contributed by atoms with Gasteiger partial charge in [-0.1, -0.05) is 19.8 Å². The first-order valence-corrected chi connectivity index (χ1v) is 3.67. The Morgan fingerprint density at radius 3 is 2.78 bits per heavy atom. The van der Waals surface area contributed by atoms with Crippen LogP contribution in [0.4, 0.5) is 0 Å². The van der Waals surface area contributed by atoms with Gasteiger partial charge in [0.05, 0.1) is 0 Å². The molecule has 0 atom stereocenters. The Labute approximate surface area is 58.7 Å². The predicted octanol–water partition coefficient (Wildman–Crippen LogP) is 2.79. The fourth-order valence-corrected chi connectivity index (χ4v) is 0.697. The molecule has 51 valence electrons. The minimum atomic E-state index is 0.931. The number of terminal acetylenes is 1. The molecular weight excluding hydrogens is 108 g/mol. The molecule has 0 saturated carbocycles. The van der Waals surface area contributed by atoms with Crippen LogP contribution in [0, 0.1) is 18.8 Å². The molecule has 0 heterocycles. The summed E-state index contributed by atoms with van der Waals surface area (Å²) in [5, 5.41) is 0. The smallest absolute Gasteiger partial charge is 0.00861 e. The van der Waals surface area contributed by atoms with Crippen molar-refractivity contribution in [3.63, 3.8) is 0 Å². The van der Waals surface area contributed by atoms with Gasteiger partial charge in [0.25, 0.3) is 0 Å². The van der Waals surface area contributed by atoms with Crippen molar-refractivity contribution in [2.45, 2.75) is 39.0 Å². The summed E-state index contributed by atoms with van der Waals surface area (Å²) in [6.07, 6.45) is 13.2. The fourth-order valence-electron chi connectivity index (χ4n) is 0.697. The van der Waals surface area contributed by atoms with Crippen molar-refractivity contribution in [1.29, 1.82) is 0 Å². The Bertz CT molecular complexity index is 76.5. The van der Waals surface area contributed by atoms with Gasteiger partial charge in [0.2, 0.25) is 0 Å². The highest BCUT2D eigenvalue weighted by molar-refractivity contribution is 4.83. The highest BCUT2D eigenvalue weighted by Crippen LogP contribution is 2.02. The van der Waals surface area contributed by atoms with E-state index in [-0.39, 0.29) is 0 Å². The second-order valence-electron chi connectivity index (χ2n) is 2.17. The maximum absolute atomic E-state index is 5.08. The lowest BCUT2D eigenvalue weighted by Gasteiger charge is -1.93. The van der Waals surface area contributed by atoms with E-state index in [2.05, 4.69) is 19.3 Å². The summed E-state index contributed by atoms with van der Waals surface area (Å²) in [7, 11) is 0. The molecular formula is C9H15. The summed E-state index contributed by atoms with van der Waals surface area (Å²) >= 11 is 0. The summed E-state index contributed by atoms with van der Waals surface area (Å²) in [5.74, 6) is 2.62. The summed E-state index contributed by atoms with van der Waals surface area (Å²) in [5.41, 5.74) is 0. The van der Waals surface area contributed by atoms with E-state index < -0.39 is 0 Å². The third kappa shape index (κ3) is 7.56. The number of rotatable bonds is 5. The number of unbranched alkanes of at least 4 members (excludes halogenated alkanes) is 5. The first kappa shape index (κ1) is 8.56. The quantitative estimate of drug-likeness (QED) is 0.389. The Morgan fingerprint density at radius 1 is 1.44 bits per heavy atom. The Hall–Kier alpha value is -0.440. The fraction of sp³-hybridized carbons (Fsp3) is 0.667. The highest BCUT2D eigenvalue weighted by Gasteiger charge is 1.85. The van der Waals surface area contributed by atoms with E-state index in [4.69, 9.17) is 6.42 Å². The molecule has 0 saturated heterocycles. The van der Waals surface area contributed by atoms with E-state index in [1.54, 1.807) is 0 Å². The first-order chi connectivity index (χ1) is 4.41. The first-order valence-electron chi connectivity index (χ1n) is 3.67. The predicted molar refractivity (Wildman–Crippen MR) is 41.9 cm³/mol. The van der Waals surface area contributed by atoms with E-state index >= 15 is 0 Å². The lowest BCUT2D eigenvalue weighted by atomic mass is 10.1. The van der Waals surface area contributed by atoms with Gasteiger partial charge >= 0.3 is 0 Å². The van der Waals surface area contributed by atoms with Crippen LogP contribution in [-0.2, 0) is 0 Å². The van der Waals surface area contributed by atoms with Crippen molar-refractivity contribution < 1.29 is 0 Å².